The first kappa shape index (κ1) is 34.7. The third-order valence-electron chi connectivity index (χ3n) is 4.75. The number of ether oxygens (including phenoxy) is 1. The molecule has 0 heterocycles. The molecule has 0 aliphatic rings. The Morgan fingerprint density at radius 2 is 1.51 bits per heavy atom. The van der Waals surface area contributed by atoms with Crippen molar-refractivity contribution in [2.24, 2.45) is 0 Å². The molecule has 0 saturated carbocycles. The van der Waals surface area contributed by atoms with Crippen LogP contribution in [0.5, 0.6) is 0 Å². The van der Waals surface area contributed by atoms with E-state index in [-0.39, 0.29) is 12.8 Å². The van der Waals surface area contributed by atoms with Crippen LogP contribution in [0.4, 0.5) is 0 Å². The van der Waals surface area contributed by atoms with Gasteiger partial charge in [-0.1, -0.05) is 56.7 Å². The fourth-order valence-corrected chi connectivity index (χ4v) is 3.49. The zero-order valence-electron chi connectivity index (χ0n) is 21.8. The molecule has 3 atom stereocenters. The molecule has 0 aromatic carbocycles. The van der Waals surface area contributed by atoms with Crippen LogP contribution in [0.1, 0.15) is 71.6 Å². The normalized spacial score (nSPS) is 15.1. The van der Waals surface area contributed by atoms with E-state index in [0.29, 0.717) is 6.42 Å². The summed E-state index contributed by atoms with van der Waals surface area (Å²) < 4.78 is 25.8. The van der Waals surface area contributed by atoms with E-state index < -0.39 is 57.6 Å². The maximum Gasteiger partial charge on any atom is 0.472 e. The monoisotopic (exact) mass is 547 g/mol. The number of carbonyl (C=O) groups is 3. The molecule has 3 unspecified atom stereocenters. The van der Waals surface area contributed by atoms with E-state index in [2.05, 4.69) is 62.5 Å². The molecule has 11 nitrogen and oxygen atoms in total. The van der Waals surface area contributed by atoms with Gasteiger partial charge in [0, 0.05) is 12.8 Å². The largest absolute Gasteiger partial charge is 0.480 e. The molecule has 0 saturated heterocycles. The standard InChI is InChI=1S/C25H42NO10P/c1-3-5-6-7-8-9-10-11-12-13-14-15-16-17-23(28)26-22(25(30)31)20-36-37(32,33)35-19-21(27)18-34-24(29)4-2/h5-6,8-9,11-12,21-22,27H,3-4,7,10,13-20H2,1-2H3,(H,26,28)(H,30,31)(H,32,33)/b6-5-,9-8-,12-11-. The molecule has 0 radical (unpaired) electrons. The summed E-state index contributed by atoms with van der Waals surface area (Å²) in [6, 6.07) is -1.56. The molecule has 0 spiro atoms. The number of aliphatic hydroxyl groups excluding tert-OH is 1. The first-order valence-corrected chi connectivity index (χ1v) is 14.0. The first-order valence-electron chi connectivity index (χ1n) is 12.5. The Kier molecular flexibility index (Phi) is 20.4. The summed E-state index contributed by atoms with van der Waals surface area (Å²) in [7, 11) is -4.72. The molecular formula is C25H42NO10P. The average Bonchev–Trinajstić information content (AvgIpc) is 2.86. The highest BCUT2D eigenvalue weighted by Crippen LogP contribution is 2.43. The summed E-state index contributed by atoms with van der Waals surface area (Å²) in [5, 5.41) is 21.1. The molecule has 4 N–H and O–H groups in total. The molecule has 0 fully saturated rings. The van der Waals surface area contributed by atoms with Crippen LogP contribution in [0.2, 0.25) is 0 Å². The molecule has 212 valence electrons. The van der Waals surface area contributed by atoms with E-state index in [9.17, 15) is 34.1 Å². The number of aliphatic hydroxyl groups is 1. The van der Waals surface area contributed by atoms with E-state index >= 15 is 0 Å². The van der Waals surface area contributed by atoms with Gasteiger partial charge in [0.25, 0.3) is 0 Å². The Morgan fingerprint density at radius 1 is 0.892 bits per heavy atom. The van der Waals surface area contributed by atoms with E-state index in [1.165, 1.54) is 0 Å². The van der Waals surface area contributed by atoms with Crippen LogP contribution in [-0.2, 0) is 32.7 Å². The molecule has 37 heavy (non-hydrogen) atoms. The van der Waals surface area contributed by atoms with Crippen molar-refractivity contribution in [2.45, 2.75) is 83.8 Å². The van der Waals surface area contributed by atoms with Crippen LogP contribution in [0, 0.1) is 0 Å². The lowest BCUT2D eigenvalue weighted by molar-refractivity contribution is -0.146. The number of phosphoric acid groups is 1. The lowest BCUT2D eigenvalue weighted by Crippen LogP contribution is -2.43. The number of hydrogen-bond donors (Lipinski definition) is 4. The number of allylic oxidation sites excluding steroid dienone is 6. The average molecular weight is 548 g/mol. The van der Waals surface area contributed by atoms with Crippen molar-refractivity contribution in [3.05, 3.63) is 36.5 Å². The van der Waals surface area contributed by atoms with Crippen molar-refractivity contribution in [1.82, 2.24) is 5.32 Å². The Hall–Kier alpha value is -2.30. The van der Waals surface area contributed by atoms with Gasteiger partial charge in [-0.05, 0) is 38.5 Å². The van der Waals surface area contributed by atoms with E-state index in [1.807, 2.05) is 0 Å². The summed E-state index contributed by atoms with van der Waals surface area (Å²) in [4.78, 5) is 44.1. The number of nitrogens with one attached hydrogen (secondary N) is 1. The Balaban J connectivity index is 4.15. The van der Waals surface area contributed by atoms with Crippen molar-refractivity contribution in [1.29, 1.82) is 0 Å². The number of amides is 1. The van der Waals surface area contributed by atoms with Crippen LogP contribution >= 0.6 is 7.82 Å². The smallest absolute Gasteiger partial charge is 0.472 e. The van der Waals surface area contributed by atoms with Gasteiger partial charge in [0.1, 0.15) is 12.7 Å². The topological polar surface area (TPSA) is 169 Å². The van der Waals surface area contributed by atoms with Crippen molar-refractivity contribution >= 4 is 25.7 Å². The van der Waals surface area contributed by atoms with Crippen molar-refractivity contribution in [3.63, 3.8) is 0 Å². The van der Waals surface area contributed by atoms with Gasteiger partial charge in [-0.15, -0.1) is 0 Å². The second-order valence-corrected chi connectivity index (χ2v) is 9.56. The fourth-order valence-electron chi connectivity index (χ4n) is 2.72. The highest BCUT2D eigenvalue weighted by Gasteiger charge is 2.28. The van der Waals surface area contributed by atoms with Gasteiger partial charge in [0.15, 0.2) is 6.04 Å². The van der Waals surface area contributed by atoms with Gasteiger partial charge in [-0.25, -0.2) is 9.36 Å². The van der Waals surface area contributed by atoms with E-state index in [1.54, 1.807) is 6.92 Å². The molecule has 0 aromatic rings. The third-order valence-corrected chi connectivity index (χ3v) is 5.70. The minimum absolute atomic E-state index is 0.102. The number of esters is 1. The van der Waals surface area contributed by atoms with E-state index in [4.69, 9.17) is 0 Å². The predicted octanol–water partition coefficient (Wildman–Crippen LogP) is 3.81. The van der Waals surface area contributed by atoms with Crippen LogP contribution in [0.15, 0.2) is 36.5 Å². The summed E-state index contributed by atoms with van der Waals surface area (Å²) in [5.74, 6) is -2.52. The zero-order chi connectivity index (χ0) is 27.9. The number of carboxylic acids is 1. The number of hydrogen-bond acceptors (Lipinski definition) is 8. The van der Waals surface area contributed by atoms with Gasteiger partial charge in [-0.3, -0.25) is 18.6 Å². The molecular weight excluding hydrogens is 505 g/mol. The van der Waals surface area contributed by atoms with Gasteiger partial charge < -0.3 is 25.2 Å². The molecule has 1 amide bonds. The maximum atomic E-state index is 12.1. The maximum absolute atomic E-state index is 12.1. The lowest BCUT2D eigenvalue weighted by atomic mass is 10.1. The third kappa shape index (κ3) is 21.5. The van der Waals surface area contributed by atoms with Crippen molar-refractivity contribution in [2.75, 3.05) is 19.8 Å². The summed E-state index contributed by atoms with van der Waals surface area (Å²) in [5.41, 5.74) is 0. The molecule has 0 aliphatic carbocycles. The quantitative estimate of drug-likeness (QED) is 0.0677. The van der Waals surface area contributed by atoms with E-state index in [0.717, 1.165) is 38.5 Å². The zero-order valence-corrected chi connectivity index (χ0v) is 22.6. The molecule has 12 heteroatoms. The molecule has 0 rings (SSSR count). The number of unbranched alkanes of at least 4 members (excludes halogenated alkanes) is 3. The minimum Gasteiger partial charge on any atom is -0.480 e. The Morgan fingerprint density at radius 3 is 2.14 bits per heavy atom. The van der Waals surface area contributed by atoms with Crippen LogP contribution in [-0.4, -0.2) is 64.9 Å². The van der Waals surface area contributed by atoms with Crippen molar-refractivity contribution < 1.29 is 47.8 Å². The number of carboxylic acid groups (broad SMARTS) is 1. The van der Waals surface area contributed by atoms with Gasteiger partial charge >= 0.3 is 19.8 Å². The summed E-state index contributed by atoms with van der Waals surface area (Å²) in [6.07, 6.45) is 17.5. The van der Waals surface area contributed by atoms with Gasteiger partial charge in [0.2, 0.25) is 5.91 Å². The van der Waals surface area contributed by atoms with Crippen LogP contribution in [0.25, 0.3) is 0 Å². The predicted molar refractivity (Wildman–Crippen MR) is 139 cm³/mol. The fraction of sp³-hybridized carbons (Fsp3) is 0.640. The van der Waals surface area contributed by atoms with Crippen molar-refractivity contribution in [3.8, 4) is 0 Å². The SMILES string of the molecule is CC/C=C\C/C=C\C/C=C\CCCCCC(=O)NC(COP(=O)(O)OCC(O)COC(=O)CC)C(=O)O. The lowest BCUT2D eigenvalue weighted by Gasteiger charge is -2.18. The van der Waals surface area contributed by atoms with Gasteiger partial charge in [0.05, 0.1) is 13.2 Å². The number of rotatable bonds is 22. The van der Waals surface area contributed by atoms with Crippen LogP contribution in [0.3, 0.4) is 0 Å². The van der Waals surface area contributed by atoms with Crippen LogP contribution < -0.4 is 5.32 Å². The number of phosphoric ester groups is 1. The van der Waals surface area contributed by atoms with Gasteiger partial charge in [-0.2, -0.15) is 0 Å². The highest BCUT2D eigenvalue weighted by molar-refractivity contribution is 7.47. The number of aliphatic carboxylic acids is 1. The minimum atomic E-state index is -4.72. The first-order chi connectivity index (χ1) is 17.6. The Labute approximate surface area is 219 Å². The Bertz CT molecular complexity index is 796. The number of carbonyl (C=O) groups excluding carboxylic acids is 2. The molecule has 0 aliphatic heterocycles. The second kappa shape index (κ2) is 21.8. The molecule has 0 aromatic heterocycles. The summed E-state index contributed by atoms with van der Waals surface area (Å²) >= 11 is 0. The highest BCUT2D eigenvalue weighted by atomic mass is 31.2. The summed E-state index contributed by atoms with van der Waals surface area (Å²) in [6.45, 7) is 1.72. The second-order valence-electron chi connectivity index (χ2n) is 8.10. The molecule has 0 bridgehead atoms.